The van der Waals surface area contributed by atoms with E-state index in [1.54, 1.807) is 15.9 Å². The highest BCUT2D eigenvalue weighted by atomic mass is 32.1. The molecule has 6 nitrogen and oxygen atoms in total. The normalized spacial score (nSPS) is 12.0. The topological polar surface area (TPSA) is 75.3 Å². The molecule has 0 atom stereocenters. The predicted molar refractivity (Wildman–Crippen MR) is 97.4 cm³/mol. The zero-order valence-corrected chi connectivity index (χ0v) is 14.9. The van der Waals surface area contributed by atoms with Gasteiger partial charge in [-0.25, -0.2) is 0 Å². The monoisotopic (exact) mass is 345 g/mol. The molecule has 0 aliphatic carbocycles. The number of nitrogens with one attached hydrogen (secondary N) is 1. The highest BCUT2D eigenvalue weighted by Crippen LogP contribution is 2.22. The number of aliphatic hydroxyl groups is 1. The van der Waals surface area contributed by atoms with E-state index in [9.17, 15) is 5.11 Å². The molecule has 0 fully saturated rings. The zero-order valence-electron chi connectivity index (χ0n) is 14.1. The van der Waals surface area contributed by atoms with E-state index in [4.69, 9.17) is 0 Å². The van der Waals surface area contributed by atoms with Crippen LogP contribution in [0.4, 0.5) is 5.82 Å². The molecule has 3 heterocycles. The van der Waals surface area contributed by atoms with Crippen molar-refractivity contribution in [2.24, 2.45) is 0 Å². The lowest BCUT2D eigenvalue weighted by molar-refractivity contribution is 0.0343. The van der Waals surface area contributed by atoms with Crippen molar-refractivity contribution in [1.82, 2.24) is 19.8 Å². The minimum absolute atomic E-state index is 0.489. The number of rotatable bonds is 8. The van der Waals surface area contributed by atoms with Crippen molar-refractivity contribution in [3.63, 3.8) is 0 Å². The number of hydrogen-bond acceptors (Lipinski definition) is 6. The van der Waals surface area contributed by atoms with Crippen molar-refractivity contribution in [1.29, 1.82) is 0 Å². The van der Waals surface area contributed by atoms with Crippen LogP contribution in [-0.4, -0.2) is 37.1 Å². The van der Waals surface area contributed by atoms with E-state index in [1.165, 1.54) is 0 Å². The van der Waals surface area contributed by atoms with Gasteiger partial charge >= 0.3 is 0 Å². The zero-order chi connectivity index (χ0) is 17.0. The fourth-order valence-electron chi connectivity index (χ4n) is 2.94. The van der Waals surface area contributed by atoms with Crippen LogP contribution in [-0.2, 0) is 0 Å². The van der Waals surface area contributed by atoms with Crippen molar-refractivity contribution in [2.45, 2.75) is 45.1 Å². The summed E-state index contributed by atoms with van der Waals surface area (Å²) >= 11 is 1.62. The number of aromatic nitrogens is 4. The second kappa shape index (κ2) is 7.27. The molecular formula is C17H23N5OS. The average molecular weight is 345 g/mol. The number of thiophene rings is 1. The van der Waals surface area contributed by atoms with E-state index in [-0.39, 0.29) is 0 Å². The SMILES string of the molecule is CCCC(O)(CCC)CNc1ccc2nnc(-c3ccsc3)n2n1. The van der Waals surface area contributed by atoms with Gasteiger partial charge in [0, 0.05) is 17.5 Å². The fraction of sp³-hybridized carbons (Fsp3) is 0.471. The molecule has 2 N–H and O–H groups in total. The first-order chi connectivity index (χ1) is 11.6. The number of nitrogens with zero attached hydrogens (tertiary/aromatic N) is 4. The van der Waals surface area contributed by atoms with Gasteiger partial charge in [0.05, 0.1) is 5.60 Å². The minimum atomic E-state index is -0.691. The summed E-state index contributed by atoms with van der Waals surface area (Å²) in [5.74, 6) is 1.44. The van der Waals surface area contributed by atoms with Gasteiger partial charge in [0.1, 0.15) is 5.82 Å². The van der Waals surface area contributed by atoms with E-state index >= 15 is 0 Å². The van der Waals surface area contributed by atoms with Crippen molar-refractivity contribution < 1.29 is 5.11 Å². The molecule has 0 aliphatic heterocycles. The molecule has 0 spiro atoms. The predicted octanol–water partition coefficient (Wildman–Crippen LogP) is 3.60. The standard InChI is InChI=1S/C17H23N5OS/c1-3-8-17(23,9-4-2)12-18-14-5-6-15-19-20-16(22(15)21-14)13-7-10-24-11-13/h5-7,10-11,23H,3-4,8-9,12H2,1-2H3,(H,18,21). The van der Waals surface area contributed by atoms with E-state index in [2.05, 4.69) is 34.5 Å². The maximum absolute atomic E-state index is 10.7. The van der Waals surface area contributed by atoms with E-state index in [0.717, 1.165) is 37.1 Å². The Labute approximate surface area is 145 Å². The summed E-state index contributed by atoms with van der Waals surface area (Å²) in [6.07, 6.45) is 3.47. The van der Waals surface area contributed by atoms with E-state index in [1.807, 2.05) is 29.0 Å². The fourth-order valence-corrected chi connectivity index (χ4v) is 3.58. The average Bonchev–Trinajstić information content (AvgIpc) is 3.22. The summed E-state index contributed by atoms with van der Waals surface area (Å²) in [4.78, 5) is 0. The lowest BCUT2D eigenvalue weighted by Gasteiger charge is -2.28. The van der Waals surface area contributed by atoms with Crippen LogP contribution in [0.25, 0.3) is 17.0 Å². The van der Waals surface area contributed by atoms with Gasteiger partial charge in [0.2, 0.25) is 0 Å². The molecule has 3 rings (SSSR count). The van der Waals surface area contributed by atoms with Crippen molar-refractivity contribution in [2.75, 3.05) is 11.9 Å². The van der Waals surface area contributed by atoms with Crippen LogP contribution in [0.1, 0.15) is 39.5 Å². The van der Waals surface area contributed by atoms with Crippen LogP contribution >= 0.6 is 11.3 Å². The molecule has 0 amide bonds. The molecule has 0 saturated carbocycles. The molecule has 0 aliphatic rings. The van der Waals surface area contributed by atoms with Crippen LogP contribution in [0.5, 0.6) is 0 Å². The molecule has 3 aromatic rings. The van der Waals surface area contributed by atoms with Gasteiger partial charge in [0.15, 0.2) is 11.5 Å². The molecule has 0 radical (unpaired) electrons. The maximum atomic E-state index is 10.7. The number of hydrogen-bond donors (Lipinski definition) is 2. The van der Waals surface area contributed by atoms with Gasteiger partial charge in [-0.15, -0.1) is 15.3 Å². The lowest BCUT2D eigenvalue weighted by Crippen LogP contribution is -2.37. The molecule has 0 bridgehead atoms. The Morgan fingerprint density at radius 1 is 1.17 bits per heavy atom. The summed E-state index contributed by atoms with van der Waals surface area (Å²) in [5.41, 5.74) is 1.02. The molecule has 128 valence electrons. The Morgan fingerprint density at radius 2 is 1.96 bits per heavy atom. The van der Waals surface area contributed by atoms with Gasteiger partial charge in [-0.05, 0) is 36.4 Å². The van der Waals surface area contributed by atoms with Crippen LogP contribution in [0.3, 0.4) is 0 Å². The summed E-state index contributed by atoms with van der Waals surface area (Å²) < 4.78 is 1.74. The Balaban J connectivity index is 1.81. The molecule has 24 heavy (non-hydrogen) atoms. The lowest BCUT2D eigenvalue weighted by atomic mass is 9.93. The third-order valence-corrected chi connectivity index (χ3v) is 4.75. The molecule has 7 heteroatoms. The van der Waals surface area contributed by atoms with Crippen molar-refractivity contribution in [3.8, 4) is 11.4 Å². The molecule has 0 unspecified atom stereocenters. The van der Waals surface area contributed by atoms with E-state index < -0.39 is 5.60 Å². The van der Waals surface area contributed by atoms with Crippen LogP contribution < -0.4 is 5.32 Å². The first-order valence-corrected chi connectivity index (χ1v) is 9.31. The smallest absolute Gasteiger partial charge is 0.186 e. The Morgan fingerprint density at radius 3 is 2.62 bits per heavy atom. The van der Waals surface area contributed by atoms with Crippen LogP contribution in [0.2, 0.25) is 0 Å². The number of anilines is 1. The quantitative estimate of drug-likeness (QED) is 0.652. The van der Waals surface area contributed by atoms with Gasteiger partial charge in [-0.1, -0.05) is 26.7 Å². The first-order valence-electron chi connectivity index (χ1n) is 8.36. The van der Waals surface area contributed by atoms with Gasteiger partial charge in [-0.2, -0.15) is 15.9 Å². The summed E-state index contributed by atoms with van der Waals surface area (Å²) in [6.45, 7) is 4.67. The Bertz CT molecular complexity index is 777. The van der Waals surface area contributed by atoms with Crippen LogP contribution in [0, 0.1) is 0 Å². The van der Waals surface area contributed by atoms with Crippen LogP contribution in [0.15, 0.2) is 29.0 Å². The minimum Gasteiger partial charge on any atom is -0.388 e. The molecule has 3 aromatic heterocycles. The third-order valence-electron chi connectivity index (χ3n) is 4.07. The highest BCUT2D eigenvalue weighted by molar-refractivity contribution is 7.08. The first kappa shape index (κ1) is 16.9. The highest BCUT2D eigenvalue weighted by Gasteiger charge is 2.24. The van der Waals surface area contributed by atoms with Gasteiger partial charge in [-0.3, -0.25) is 0 Å². The Kier molecular flexibility index (Phi) is 5.11. The summed E-state index contributed by atoms with van der Waals surface area (Å²) in [6, 6.07) is 5.76. The van der Waals surface area contributed by atoms with Gasteiger partial charge in [0.25, 0.3) is 0 Å². The third kappa shape index (κ3) is 3.57. The second-order valence-electron chi connectivity index (χ2n) is 6.10. The molecule has 0 aromatic carbocycles. The van der Waals surface area contributed by atoms with Crippen molar-refractivity contribution >= 4 is 22.8 Å². The molecule has 0 saturated heterocycles. The summed E-state index contributed by atoms with van der Waals surface area (Å²) in [7, 11) is 0. The summed E-state index contributed by atoms with van der Waals surface area (Å²) in [5, 5.41) is 31.0. The second-order valence-corrected chi connectivity index (χ2v) is 6.88. The maximum Gasteiger partial charge on any atom is 0.186 e. The molecular weight excluding hydrogens is 322 g/mol. The number of fused-ring (bicyclic) bond motifs is 1. The Hall–Kier alpha value is -1.99. The van der Waals surface area contributed by atoms with Crippen molar-refractivity contribution in [3.05, 3.63) is 29.0 Å². The van der Waals surface area contributed by atoms with Gasteiger partial charge < -0.3 is 10.4 Å². The van der Waals surface area contributed by atoms with E-state index in [0.29, 0.717) is 18.0 Å². The largest absolute Gasteiger partial charge is 0.388 e.